The van der Waals surface area contributed by atoms with Crippen LogP contribution in [0.1, 0.15) is 78.4 Å². The Morgan fingerprint density at radius 1 is 0.829 bits per heavy atom. The minimum Gasteiger partial charge on any atom is -0.497 e. The van der Waals surface area contributed by atoms with Crippen molar-refractivity contribution in [3.8, 4) is 5.75 Å². The summed E-state index contributed by atoms with van der Waals surface area (Å²) in [5.74, 6) is 1.66. The molecule has 0 aliphatic carbocycles. The Morgan fingerprint density at radius 2 is 1.44 bits per heavy atom. The van der Waals surface area contributed by atoms with E-state index >= 15 is 0 Å². The molecule has 0 bridgehead atoms. The molecule has 5 nitrogen and oxygen atoms in total. The molecule has 0 amide bonds. The molecule has 0 aliphatic rings. The second-order valence-corrected chi connectivity index (χ2v) is 12.2. The normalized spacial score (nSPS) is 16.4. The SMILES string of the molecule is COc1ccc(COC[C@H](C)C(=O)[C@@H](C)[C@H](O)CC[C@H](C)/C=C(\C)C[C@@H](C)C[C@H](C)COCc2ccccc2)cc1. The molecule has 0 saturated heterocycles. The summed E-state index contributed by atoms with van der Waals surface area (Å²) < 4.78 is 16.9. The van der Waals surface area contributed by atoms with Crippen molar-refractivity contribution >= 4 is 5.78 Å². The molecule has 0 fully saturated rings. The molecule has 2 aromatic carbocycles. The topological polar surface area (TPSA) is 65.0 Å². The van der Waals surface area contributed by atoms with E-state index in [2.05, 4.69) is 45.9 Å². The standard InChI is InChI=1S/C36H54O5/c1-26(19-27(2)20-28(3)21-29(4)22-40-24-32-11-9-8-10-12-32)13-18-35(37)31(6)36(38)30(5)23-41-25-33-14-16-34(39-7)17-15-33/h8-12,14-17,19,26,28-31,35,37H,13,18,20-25H2,1-7H3/b27-19+/t26-,28+,29-,30-,31-,35+/m0/s1. The second kappa shape index (κ2) is 18.9. The first-order valence-electron chi connectivity index (χ1n) is 15.3. The van der Waals surface area contributed by atoms with Crippen LogP contribution in [-0.2, 0) is 27.5 Å². The van der Waals surface area contributed by atoms with Gasteiger partial charge in [-0.3, -0.25) is 4.79 Å². The lowest BCUT2D eigenvalue weighted by Crippen LogP contribution is -2.32. The van der Waals surface area contributed by atoms with Crippen molar-refractivity contribution in [3.05, 3.63) is 77.4 Å². The van der Waals surface area contributed by atoms with Crippen LogP contribution in [0.3, 0.4) is 0 Å². The van der Waals surface area contributed by atoms with Gasteiger partial charge in [0.1, 0.15) is 11.5 Å². The molecular formula is C36H54O5. The van der Waals surface area contributed by atoms with Crippen molar-refractivity contribution in [3.63, 3.8) is 0 Å². The van der Waals surface area contributed by atoms with Crippen LogP contribution in [0.5, 0.6) is 5.75 Å². The van der Waals surface area contributed by atoms with Crippen LogP contribution < -0.4 is 4.74 Å². The summed E-state index contributed by atoms with van der Waals surface area (Å²) in [6.45, 7) is 14.9. The number of aliphatic hydroxyl groups is 1. The predicted molar refractivity (Wildman–Crippen MR) is 168 cm³/mol. The zero-order valence-electron chi connectivity index (χ0n) is 26.5. The Labute approximate surface area is 249 Å². The number of ketones is 1. The number of rotatable bonds is 20. The summed E-state index contributed by atoms with van der Waals surface area (Å²) in [6.07, 6.45) is 5.37. The second-order valence-electron chi connectivity index (χ2n) is 12.2. The summed E-state index contributed by atoms with van der Waals surface area (Å²) in [7, 11) is 1.64. The highest BCUT2D eigenvalue weighted by Crippen LogP contribution is 2.24. The molecule has 0 aromatic heterocycles. The van der Waals surface area contributed by atoms with Crippen LogP contribution in [-0.4, -0.2) is 37.3 Å². The fraction of sp³-hybridized carbons (Fsp3) is 0.583. The zero-order valence-corrected chi connectivity index (χ0v) is 26.5. The van der Waals surface area contributed by atoms with E-state index in [1.807, 2.05) is 56.3 Å². The lowest BCUT2D eigenvalue weighted by molar-refractivity contribution is -0.131. The summed E-state index contributed by atoms with van der Waals surface area (Å²) in [6, 6.07) is 18.0. The third kappa shape index (κ3) is 13.8. The van der Waals surface area contributed by atoms with Gasteiger partial charge in [0.25, 0.3) is 0 Å². The highest BCUT2D eigenvalue weighted by molar-refractivity contribution is 5.83. The average molecular weight is 567 g/mol. The van der Waals surface area contributed by atoms with Crippen LogP contribution in [0.15, 0.2) is 66.2 Å². The highest BCUT2D eigenvalue weighted by Gasteiger charge is 2.26. The van der Waals surface area contributed by atoms with Crippen molar-refractivity contribution < 1.29 is 24.1 Å². The molecule has 6 atom stereocenters. The van der Waals surface area contributed by atoms with E-state index < -0.39 is 12.0 Å². The van der Waals surface area contributed by atoms with Crippen molar-refractivity contribution in [2.24, 2.45) is 29.6 Å². The number of benzene rings is 2. The van der Waals surface area contributed by atoms with E-state index in [0.29, 0.717) is 44.0 Å². The highest BCUT2D eigenvalue weighted by atomic mass is 16.5. The quantitative estimate of drug-likeness (QED) is 0.164. The molecular weight excluding hydrogens is 512 g/mol. The maximum absolute atomic E-state index is 12.9. The Kier molecular flexibility index (Phi) is 16.0. The van der Waals surface area contributed by atoms with Crippen LogP contribution in [0.2, 0.25) is 0 Å². The lowest BCUT2D eigenvalue weighted by Gasteiger charge is -2.22. The summed E-state index contributed by atoms with van der Waals surface area (Å²) in [4.78, 5) is 12.9. The number of aliphatic hydroxyl groups excluding tert-OH is 1. The van der Waals surface area contributed by atoms with Crippen molar-refractivity contribution in [2.45, 2.75) is 86.5 Å². The first kappa shape index (κ1) is 34.7. The Bertz CT molecular complexity index is 1020. The molecule has 1 N–H and O–H groups in total. The summed E-state index contributed by atoms with van der Waals surface area (Å²) in [5.41, 5.74) is 3.64. The third-order valence-corrected chi connectivity index (χ3v) is 7.78. The van der Waals surface area contributed by atoms with E-state index in [4.69, 9.17) is 14.2 Å². The Balaban J connectivity index is 1.65. The van der Waals surface area contributed by atoms with Gasteiger partial charge in [0.15, 0.2) is 0 Å². The fourth-order valence-corrected chi connectivity index (χ4v) is 5.46. The van der Waals surface area contributed by atoms with Gasteiger partial charge in [-0.15, -0.1) is 0 Å². The number of carbonyl (C=O) groups is 1. The van der Waals surface area contributed by atoms with E-state index in [1.165, 1.54) is 11.1 Å². The van der Waals surface area contributed by atoms with Crippen molar-refractivity contribution in [1.82, 2.24) is 0 Å². The molecule has 0 heterocycles. The average Bonchev–Trinajstić information content (AvgIpc) is 2.95. The van der Waals surface area contributed by atoms with Crippen molar-refractivity contribution in [2.75, 3.05) is 20.3 Å². The van der Waals surface area contributed by atoms with Gasteiger partial charge >= 0.3 is 0 Å². The predicted octanol–water partition coefficient (Wildman–Crippen LogP) is 8.05. The van der Waals surface area contributed by atoms with E-state index in [9.17, 15) is 9.90 Å². The number of Topliss-reactive ketones (excluding diaryl/α,β-unsaturated/α-hetero) is 1. The maximum Gasteiger partial charge on any atom is 0.143 e. The van der Waals surface area contributed by atoms with Crippen LogP contribution in [0.25, 0.3) is 0 Å². The van der Waals surface area contributed by atoms with Gasteiger partial charge in [0.2, 0.25) is 0 Å². The number of hydrogen-bond acceptors (Lipinski definition) is 5. The van der Waals surface area contributed by atoms with Gasteiger partial charge in [0.05, 0.1) is 33.0 Å². The van der Waals surface area contributed by atoms with E-state index in [1.54, 1.807) is 7.11 Å². The lowest BCUT2D eigenvalue weighted by atomic mass is 9.87. The smallest absolute Gasteiger partial charge is 0.143 e. The van der Waals surface area contributed by atoms with Gasteiger partial charge in [-0.25, -0.2) is 0 Å². The Hall–Kier alpha value is -2.47. The number of allylic oxidation sites excluding steroid dienone is 2. The third-order valence-electron chi connectivity index (χ3n) is 7.78. The molecule has 0 saturated carbocycles. The first-order chi connectivity index (χ1) is 19.6. The summed E-state index contributed by atoms with van der Waals surface area (Å²) >= 11 is 0. The van der Waals surface area contributed by atoms with Gasteiger partial charge in [-0.2, -0.15) is 0 Å². The molecule has 0 radical (unpaired) electrons. The summed E-state index contributed by atoms with van der Waals surface area (Å²) in [5, 5.41) is 10.8. The number of ether oxygens (including phenoxy) is 3. The maximum atomic E-state index is 12.9. The number of hydrogen-bond donors (Lipinski definition) is 1. The fourth-order valence-electron chi connectivity index (χ4n) is 5.46. The van der Waals surface area contributed by atoms with Gasteiger partial charge in [-0.1, -0.05) is 88.7 Å². The minimum atomic E-state index is -0.640. The molecule has 2 rings (SSSR count). The van der Waals surface area contributed by atoms with E-state index in [0.717, 1.165) is 37.2 Å². The monoisotopic (exact) mass is 566 g/mol. The largest absolute Gasteiger partial charge is 0.497 e. The molecule has 2 aromatic rings. The molecule has 0 unspecified atom stereocenters. The minimum absolute atomic E-state index is 0.0577. The first-order valence-corrected chi connectivity index (χ1v) is 15.3. The zero-order chi connectivity index (χ0) is 30.2. The van der Waals surface area contributed by atoms with Crippen LogP contribution >= 0.6 is 0 Å². The molecule has 0 spiro atoms. The molecule has 228 valence electrons. The van der Waals surface area contributed by atoms with Gasteiger partial charge in [-0.05, 0) is 73.6 Å². The molecule has 41 heavy (non-hydrogen) atoms. The Morgan fingerprint density at radius 3 is 2.07 bits per heavy atom. The van der Waals surface area contributed by atoms with E-state index in [-0.39, 0.29) is 11.7 Å². The van der Waals surface area contributed by atoms with Gasteiger partial charge in [0, 0.05) is 18.4 Å². The molecule has 5 heteroatoms. The van der Waals surface area contributed by atoms with Crippen LogP contribution in [0, 0.1) is 29.6 Å². The van der Waals surface area contributed by atoms with Crippen LogP contribution in [0.4, 0.5) is 0 Å². The van der Waals surface area contributed by atoms with Crippen molar-refractivity contribution in [1.29, 1.82) is 0 Å². The van der Waals surface area contributed by atoms with Gasteiger partial charge < -0.3 is 19.3 Å². The molecule has 0 aliphatic heterocycles. The number of carbonyl (C=O) groups excluding carboxylic acids is 1. The number of methoxy groups -OCH3 is 1.